The zero-order chi connectivity index (χ0) is 21.1. The summed E-state index contributed by atoms with van der Waals surface area (Å²) in [6.45, 7) is 1.55. The molecule has 8 heteroatoms. The largest absolute Gasteiger partial charge is 0.494 e. The lowest BCUT2D eigenvalue weighted by molar-refractivity contribution is -0.148. The summed E-state index contributed by atoms with van der Waals surface area (Å²) in [5, 5.41) is 4.84. The monoisotopic (exact) mass is 402 g/mol. The summed E-state index contributed by atoms with van der Waals surface area (Å²) in [5.41, 5.74) is 1.49. The molecule has 2 aromatic carbocycles. The Morgan fingerprint density at radius 3 is 2.52 bits per heavy atom. The normalized spacial score (nSPS) is 10.1. The number of rotatable bonds is 10. The number of hydrogen-bond donors (Lipinski definition) is 2. The van der Waals surface area contributed by atoms with Crippen LogP contribution in [0.5, 0.6) is 5.75 Å². The third kappa shape index (κ3) is 8.87. The molecule has 2 N–H and O–H groups in total. The van der Waals surface area contributed by atoms with Gasteiger partial charge in [0, 0.05) is 12.1 Å². The minimum atomic E-state index is -0.594. The van der Waals surface area contributed by atoms with E-state index in [0.717, 1.165) is 11.3 Å². The van der Waals surface area contributed by atoms with Crippen molar-refractivity contribution in [1.82, 2.24) is 5.32 Å². The van der Waals surface area contributed by atoms with E-state index in [1.807, 2.05) is 31.2 Å². The second-order valence-corrected chi connectivity index (χ2v) is 6.26. The third-order valence-corrected chi connectivity index (χ3v) is 3.72. The first-order valence-electron chi connectivity index (χ1n) is 9.09. The summed E-state index contributed by atoms with van der Waals surface area (Å²) in [5.74, 6) is -1.28. The second kappa shape index (κ2) is 11.4. The van der Waals surface area contributed by atoms with Crippen LogP contribution < -0.4 is 15.4 Å². The SMILES string of the molecule is Cc1cccc(OCCCC(=O)OCC(=O)NCC(=O)Nc2ccc(F)cc2)c1. The number of aryl methyl sites for hydroxylation is 1. The van der Waals surface area contributed by atoms with E-state index in [9.17, 15) is 18.8 Å². The Morgan fingerprint density at radius 2 is 1.79 bits per heavy atom. The molecule has 0 saturated heterocycles. The summed E-state index contributed by atoms with van der Waals surface area (Å²) < 4.78 is 23.2. The summed E-state index contributed by atoms with van der Waals surface area (Å²) in [7, 11) is 0. The minimum absolute atomic E-state index is 0.115. The number of hydrogen-bond acceptors (Lipinski definition) is 5. The van der Waals surface area contributed by atoms with Crippen molar-refractivity contribution in [3.05, 3.63) is 59.9 Å². The molecule has 0 saturated carbocycles. The number of carbonyl (C=O) groups excluding carboxylic acids is 3. The highest BCUT2D eigenvalue weighted by molar-refractivity contribution is 5.94. The Hall–Kier alpha value is -3.42. The van der Waals surface area contributed by atoms with Gasteiger partial charge in [-0.2, -0.15) is 0 Å². The fourth-order valence-corrected chi connectivity index (χ4v) is 2.30. The fourth-order valence-electron chi connectivity index (χ4n) is 2.30. The predicted octanol–water partition coefficient (Wildman–Crippen LogP) is 2.59. The van der Waals surface area contributed by atoms with Crippen molar-refractivity contribution in [2.75, 3.05) is 25.1 Å². The van der Waals surface area contributed by atoms with Crippen molar-refractivity contribution in [3.63, 3.8) is 0 Å². The molecule has 29 heavy (non-hydrogen) atoms. The first-order valence-corrected chi connectivity index (χ1v) is 9.09. The van der Waals surface area contributed by atoms with Crippen molar-refractivity contribution >= 4 is 23.5 Å². The number of anilines is 1. The molecule has 0 spiro atoms. The number of amides is 2. The van der Waals surface area contributed by atoms with E-state index in [1.54, 1.807) is 0 Å². The average molecular weight is 402 g/mol. The molecule has 0 atom stereocenters. The highest BCUT2D eigenvalue weighted by Gasteiger charge is 2.10. The molecule has 7 nitrogen and oxygen atoms in total. The smallest absolute Gasteiger partial charge is 0.306 e. The van der Waals surface area contributed by atoms with Crippen LogP contribution in [-0.4, -0.2) is 37.5 Å². The zero-order valence-corrected chi connectivity index (χ0v) is 16.1. The lowest BCUT2D eigenvalue weighted by Crippen LogP contribution is -2.35. The number of halogens is 1. The molecule has 0 aliphatic rings. The molecule has 0 aliphatic carbocycles. The maximum Gasteiger partial charge on any atom is 0.306 e. The maximum atomic E-state index is 12.8. The Labute approximate surface area is 168 Å². The lowest BCUT2D eigenvalue weighted by atomic mass is 10.2. The lowest BCUT2D eigenvalue weighted by Gasteiger charge is -2.08. The van der Waals surface area contributed by atoms with E-state index >= 15 is 0 Å². The third-order valence-electron chi connectivity index (χ3n) is 3.72. The van der Waals surface area contributed by atoms with Crippen LogP contribution in [0.2, 0.25) is 0 Å². The van der Waals surface area contributed by atoms with Crippen LogP contribution in [0.15, 0.2) is 48.5 Å². The first-order chi connectivity index (χ1) is 13.9. The number of carbonyl (C=O) groups is 3. The molecule has 0 fully saturated rings. The van der Waals surface area contributed by atoms with Gasteiger partial charge in [0.1, 0.15) is 11.6 Å². The van der Waals surface area contributed by atoms with Crippen LogP contribution in [0.1, 0.15) is 18.4 Å². The van der Waals surface area contributed by atoms with Gasteiger partial charge in [0.25, 0.3) is 5.91 Å². The van der Waals surface area contributed by atoms with E-state index in [-0.39, 0.29) is 13.0 Å². The first kappa shape index (κ1) is 21.9. The molecule has 2 aromatic rings. The van der Waals surface area contributed by atoms with Crippen molar-refractivity contribution in [3.8, 4) is 5.75 Å². The minimum Gasteiger partial charge on any atom is -0.494 e. The van der Waals surface area contributed by atoms with Gasteiger partial charge in [-0.25, -0.2) is 4.39 Å². The van der Waals surface area contributed by atoms with Gasteiger partial charge in [0.15, 0.2) is 6.61 Å². The Morgan fingerprint density at radius 1 is 1.03 bits per heavy atom. The van der Waals surface area contributed by atoms with Crippen LogP contribution in [0.4, 0.5) is 10.1 Å². The van der Waals surface area contributed by atoms with Crippen molar-refractivity contribution in [2.45, 2.75) is 19.8 Å². The molecule has 0 bridgehead atoms. The molecule has 0 aromatic heterocycles. The van der Waals surface area contributed by atoms with Gasteiger partial charge in [0.2, 0.25) is 5.91 Å². The van der Waals surface area contributed by atoms with Crippen LogP contribution in [0, 0.1) is 12.7 Å². The number of ether oxygens (including phenoxy) is 2. The van der Waals surface area contributed by atoms with E-state index in [1.165, 1.54) is 24.3 Å². The Kier molecular flexibility index (Phi) is 8.62. The van der Waals surface area contributed by atoms with Gasteiger partial charge in [-0.05, 0) is 55.3 Å². The van der Waals surface area contributed by atoms with Crippen LogP contribution in [-0.2, 0) is 19.1 Å². The highest BCUT2D eigenvalue weighted by atomic mass is 19.1. The average Bonchev–Trinajstić information content (AvgIpc) is 2.70. The van der Waals surface area contributed by atoms with Gasteiger partial charge >= 0.3 is 5.97 Å². The van der Waals surface area contributed by atoms with Crippen molar-refractivity contribution < 1.29 is 28.2 Å². The van der Waals surface area contributed by atoms with Gasteiger partial charge in [-0.3, -0.25) is 14.4 Å². The highest BCUT2D eigenvalue weighted by Crippen LogP contribution is 2.12. The van der Waals surface area contributed by atoms with Crippen LogP contribution in [0.3, 0.4) is 0 Å². The fraction of sp³-hybridized carbons (Fsp3) is 0.286. The van der Waals surface area contributed by atoms with Gasteiger partial charge in [-0.15, -0.1) is 0 Å². The van der Waals surface area contributed by atoms with Crippen molar-refractivity contribution in [1.29, 1.82) is 0 Å². The molecule has 0 heterocycles. The summed E-state index contributed by atoms with van der Waals surface area (Å²) in [6, 6.07) is 12.8. The number of nitrogens with one attached hydrogen (secondary N) is 2. The molecular weight excluding hydrogens is 379 g/mol. The van der Waals surface area contributed by atoms with E-state index in [4.69, 9.17) is 9.47 Å². The molecule has 0 unspecified atom stereocenters. The number of esters is 1. The summed E-state index contributed by atoms with van der Waals surface area (Å²) >= 11 is 0. The predicted molar refractivity (Wildman–Crippen MR) is 105 cm³/mol. The molecular formula is C21H23FN2O5. The summed E-state index contributed by atoms with van der Waals surface area (Å²) in [4.78, 5) is 35.0. The molecule has 0 aliphatic heterocycles. The molecule has 2 rings (SSSR count). The van der Waals surface area contributed by atoms with Crippen LogP contribution >= 0.6 is 0 Å². The topological polar surface area (TPSA) is 93.7 Å². The molecule has 0 radical (unpaired) electrons. The summed E-state index contributed by atoms with van der Waals surface area (Å²) in [6.07, 6.45) is 0.568. The van der Waals surface area contributed by atoms with Gasteiger partial charge in [0.05, 0.1) is 13.2 Å². The second-order valence-electron chi connectivity index (χ2n) is 6.26. The van der Waals surface area contributed by atoms with Gasteiger partial charge < -0.3 is 20.1 Å². The zero-order valence-electron chi connectivity index (χ0n) is 16.1. The van der Waals surface area contributed by atoms with E-state index in [0.29, 0.717) is 18.7 Å². The van der Waals surface area contributed by atoms with Crippen LogP contribution in [0.25, 0.3) is 0 Å². The Balaban J connectivity index is 1.55. The standard InChI is InChI=1S/C21H23FN2O5/c1-15-4-2-5-18(12-15)28-11-3-6-21(27)29-14-20(26)23-13-19(25)24-17-9-7-16(22)8-10-17/h2,4-5,7-10,12H,3,6,11,13-14H2,1H3,(H,23,26)(H,24,25). The van der Waals surface area contributed by atoms with Gasteiger partial charge in [-0.1, -0.05) is 12.1 Å². The quantitative estimate of drug-likeness (QED) is 0.471. The molecule has 154 valence electrons. The van der Waals surface area contributed by atoms with E-state index < -0.39 is 30.2 Å². The Bertz CT molecular complexity index is 839. The molecule has 2 amide bonds. The van der Waals surface area contributed by atoms with Crippen molar-refractivity contribution in [2.24, 2.45) is 0 Å². The van der Waals surface area contributed by atoms with E-state index in [2.05, 4.69) is 10.6 Å². The number of benzene rings is 2. The maximum absolute atomic E-state index is 12.8.